The lowest BCUT2D eigenvalue weighted by Crippen LogP contribution is -2.65. The van der Waals surface area contributed by atoms with Crippen molar-refractivity contribution in [3.05, 3.63) is 113 Å². The number of carbonyl (C=O) groups is 1. The standard InChI is InChI=1S/C50H59NO3/c1-32-24-27-50(45(52)53-31-34-16-10-8-11-17-34)29-28-48(6)38(42(50)33(32)2)22-23-41-47(5)30-37-43(54-35-18-12-9-13-19-35)36-20-14-15-21-39(36)51-44(37)46(3,4)40(47)25-26-49(41,48)7/h8-22,32-33,40-42H,23-31H2,1-7H3/t32-,33-,40+,41-,42-,47+,48+,49-,50-/m0/s1. The molecule has 5 aliphatic carbocycles. The zero-order chi connectivity index (χ0) is 37.7. The first-order valence-electron chi connectivity index (χ1n) is 20.9. The number of hydrogen-bond acceptors (Lipinski definition) is 4. The van der Waals surface area contributed by atoms with Gasteiger partial charge in [0.2, 0.25) is 0 Å². The van der Waals surface area contributed by atoms with Gasteiger partial charge in [0.1, 0.15) is 18.1 Å². The molecule has 0 bridgehead atoms. The van der Waals surface area contributed by atoms with E-state index in [4.69, 9.17) is 14.5 Å². The summed E-state index contributed by atoms with van der Waals surface area (Å²) >= 11 is 0. The van der Waals surface area contributed by atoms with Crippen molar-refractivity contribution in [2.45, 2.75) is 112 Å². The van der Waals surface area contributed by atoms with Gasteiger partial charge in [-0.3, -0.25) is 9.78 Å². The smallest absolute Gasteiger partial charge is 0.313 e. The number of hydrogen-bond donors (Lipinski definition) is 0. The molecule has 0 amide bonds. The van der Waals surface area contributed by atoms with Crippen LogP contribution < -0.4 is 4.74 Å². The van der Waals surface area contributed by atoms with E-state index < -0.39 is 5.41 Å². The predicted molar refractivity (Wildman–Crippen MR) is 217 cm³/mol. The van der Waals surface area contributed by atoms with Gasteiger partial charge in [0.05, 0.1) is 16.6 Å². The number of nitrogens with zero attached hydrogens (tertiary/aromatic N) is 1. The maximum Gasteiger partial charge on any atom is 0.313 e. The molecule has 4 heteroatoms. The fourth-order valence-corrected chi connectivity index (χ4v) is 13.7. The molecule has 3 saturated carbocycles. The van der Waals surface area contributed by atoms with Gasteiger partial charge in [-0.15, -0.1) is 0 Å². The molecule has 282 valence electrons. The van der Waals surface area contributed by atoms with Gasteiger partial charge in [0, 0.05) is 16.4 Å². The van der Waals surface area contributed by atoms with Crippen LogP contribution in [0.4, 0.5) is 0 Å². The molecule has 3 aromatic carbocycles. The van der Waals surface area contributed by atoms with Gasteiger partial charge in [-0.25, -0.2) is 0 Å². The number of rotatable bonds is 5. The monoisotopic (exact) mass is 721 g/mol. The number of pyridine rings is 1. The number of aromatic nitrogens is 1. The number of fused-ring (bicyclic) bond motifs is 9. The molecule has 1 heterocycles. The summed E-state index contributed by atoms with van der Waals surface area (Å²) in [5.41, 5.74) is 5.77. The molecule has 3 fully saturated rings. The highest BCUT2D eigenvalue weighted by atomic mass is 16.5. The molecule has 4 nitrogen and oxygen atoms in total. The predicted octanol–water partition coefficient (Wildman–Crippen LogP) is 12.4. The van der Waals surface area contributed by atoms with Crippen LogP contribution in [0.2, 0.25) is 0 Å². The van der Waals surface area contributed by atoms with Crippen LogP contribution in [0.15, 0.2) is 96.6 Å². The third kappa shape index (κ3) is 4.99. The summed E-state index contributed by atoms with van der Waals surface area (Å²) in [6.45, 7) is 18.1. The first kappa shape index (κ1) is 35.8. The van der Waals surface area contributed by atoms with Crippen LogP contribution in [0.3, 0.4) is 0 Å². The molecule has 9 rings (SSSR count). The van der Waals surface area contributed by atoms with Crippen LogP contribution in [-0.4, -0.2) is 11.0 Å². The Hall–Kier alpha value is -3.92. The van der Waals surface area contributed by atoms with Crippen molar-refractivity contribution < 1.29 is 14.3 Å². The summed E-state index contributed by atoms with van der Waals surface area (Å²) in [5, 5.41) is 1.09. The molecule has 1 aromatic heterocycles. The average Bonchev–Trinajstić information content (AvgIpc) is 3.16. The van der Waals surface area contributed by atoms with Crippen molar-refractivity contribution in [2.75, 3.05) is 0 Å². The topological polar surface area (TPSA) is 48.4 Å². The number of esters is 1. The minimum Gasteiger partial charge on any atom is -0.460 e. The van der Waals surface area contributed by atoms with Crippen molar-refractivity contribution in [3.8, 4) is 11.5 Å². The number of benzene rings is 3. The largest absolute Gasteiger partial charge is 0.460 e. The summed E-state index contributed by atoms with van der Waals surface area (Å²) in [7, 11) is 0. The molecule has 0 saturated heterocycles. The lowest BCUT2D eigenvalue weighted by molar-refractivity contribution is -0.184. The molecular formula is C50H59NO3. The van der Waals surface area contributed by atoms with Crippen molar-refractivity contribution in [2.24, 2.45) is 51.2 Å². The molecule has 9 atom stereocenters. The summed E-state index contributed by atoms with van der Waals surface area (Å²) in [6.07, 6.45) is 11.1. The molecule has 0 spiro atoms. The van der Waals surface area contributed by atoms with E-state index in [1.165, 1.54) is 24.1 Å². The normalized spacial score (nSPS) is 36.4. The van der Waals surface area contributed by atoms with E-state index in [9.17, 15) is 4.79 Å². The van der Waals surface area contributed by atoms with Crippen LogP contribution in [0.5, 0.6) is 11.5 Å². The molecule has 54 heavy (non-hydrogen) atoms. The fraction of sp³-hybridized carbons (Fsp3) is 0.520. The average molecular weight is 722 g/mol. The second-order valence-electron chi connectivity index (χ2n) is 19.5. The highest BCUT2D eigenvalue weighted by Crippen LogP contribution is 2.75. The van der Waals surface area contributed by atoms with Gasteiger partial charge in [0.15, 0.2) is 0 Å². The number of para-hydroxylation sites is 2. The van der Waals surface area contributed by atoms with E-state index in [1.807, 2.05) is 24.3 Å². The summed E-state index contributed by atoms with van der Waals surface area (Å²) in [6, 6.07) is 29.1. The first-order valence-corrected chi connectivity index (χ1v) is 20.9. The van der Waals surface area contributed by atoms with Crippen molar-refractivity contribution in [3.63, 3.8) is 0 Å². The Morgan fingerprint density at radius 2 is 1.50 bits per heavy atom. The number of ether oxygens (including phenoxy) is 2. The summed E-state index contributed by atoms with van der Waals surface area (Å²) in [5.74, 6) is 4.12. The summed E-state index contributed by atoms with van der Waals surface area (Å²) < 4.78 is 13.2. The third-order valence-corrected chi connectivity index (χ3v) is 16.8. The molecule has 0 N–H and O–H groups in total. The first-order chi connectivity index (χ1) is 25.8. The van der Waals surface area contributed by atoms with Crippen LogP contribution in [0.1, 0.15) is 110 Å². The maximum atomic E-state index is 14.5. The van der Waals surface area contributed by atoms with Gasteiger partial charge in [-0.2, -0.15) is 0 Å². The van der Waals surface area contributed by atoms with Crippen LogP contribution in [-0.2, 0) is 28.0 Å². The molecule has 4 aromatic rings. The quantitative estimate of drug-likeness (QED) is 0.152. The van der Waals surface area contributed by atoms with Crippen molar-refractivity contribution >= 4 is 16.9 Å². The number of allylic oxidation sites excluding steroid dienone is 2. The van der Waals surface area contributed by atoms with Gasteiger partial charge in [-0.05, 0) is 127 Å². The maximum absolute atomic E-state index is 14.5. The van der Waals surface area contributed by atoms with E-state index in [-0.39, 0.29) is 33.5 Å². The Morgan fingerprint density at radius 3 is 2.26 bits per heavy atom. The van der Waals surface area contributed by atoms with Crippen molar-refractivity contribution in [1.29, 1.82) is 0 Å². The Balaban J connectivity index is 1.13. The minimum absolute atomic E-state index is 0.0124. The summed E-state index contributed by atoms with van der Waals surface area (Å²) in [4.78, 5) is 20.0. The number of carbonyl (C=O) groups excluding carboxylic acids is 1. The third-order valence-electron chi connectivity index (χ3n) is 16.8. The van der Waals surface area contributed by atoms with E-state index in [1.54, 1.807) is 5.57 Å². The Bertz CT molecular complexity index is 2120. The Morgan fingerprint density at radius 1 is 0.796 bits per heavy atom. The van der Waals surface area contributed by atoms with E-state index in [2.05, 4.69) is 115 Å². The second kappa shape index (κ2) is 12.6. The van der Waals surface area contributed by atoms with Gasteiger partial charge >= 0.3 is 5.97 Å². The zero-order valence-corrected chi connectivity index (χ0v) is 33.6. The lowest BCUT2D eigenvalue weighted by atomic mass is 9.33. The zero-order valence-electron chi connectivity index (χ0n) is 33.6. The van der Waals surface area contributed by atoms with E-state index in [0.29, 0.717) is 30.3 Å². The molecule has 5 aliphatic rings. The van der Waals surface area contributed by atoms with E-state index in [0.717, 1.165) is 66.5 Å². The van der Waals surface area contributed by atoms with Crippen LogP contribution in [0.25, 0.3) is 10.9 Å². The Labute approximate surface area is 323 Å². The van der Waals surface area contributed by atoms with E-state index >= 15 is 0 Å². The highest BCUT2D eigenvalue weighted by molar-refractivity contribution is 5.87. The molecule has 0 radical (unpaired) electrons. The van der Waals surface area contributed by atoms with Crippen molar-refractivity contribution in [1.82, 2.24) is 4.98 Å². The van der Waals surface area contributed by atoms with Gasteiger partial charge < -0.3 is 9.47 Å². The molecule has 0 unspecified atom stereocenters. The van der Waals surface area contributed by atoms with Crippen LogP contribution in [0, 0.1) is 51.2 Å². The van der Waals surface area contributed by atoms with Crippen LogP contribution >= 0.6 is 0 Å². The minimum atomic E-state index is -0.446. The van der Waals surface area contributed by atoms with Gasteiger partial charge in [-0.1, -0.05) is 121 Å². The fourth-order valence-electron chi connectivity index (χ4n) is 13.7. The molecule has 0 aliphatic heterocycles. The molecular weight excluding hydrogens is 663 g/mol. The lowest BCUT2D eigenvalue weighted by Gasteiger charge is -2.71. The second-order valence-corrected chi connectivity index (χ2v) is 19.5. The highest BCUT2D eigenvalue weighted by Gasteiger charge is 2.70. The van der Waals surface area contributed by atoms with Gasteiger partial charge in [0.25, 0.3) is 0 Å². The Kier molecular flexibility index (Phi) is 8.31. The SMILES string of the molecule is C[C@@H]1[C@H]2C3=CC[C@H]4[C@]5(C)Cc6c(nc7ccccc7c6Oc6ccccc6)C(C)(C)[C@H]5CC[C@]4(C)[C@]3(C)CC[C@@]2(C(=O)OCc2ccccc2)CC[C@@H]1C.